The average molecular weight is 302 g/mol. The summed E-state index contributed by atoms with van der Waals surface area (Å²) in [6.07, 6.45) is 0.145. The molecule has 0 heterocycles. The Kier molecular flexibility index (Phi) is 5.44. The highest BCUT2D eigenvalue weighted by Crippen LogP contribution is 2.21. The lowest BCUT2D eigenvalue weighted by Gasteiger charge is -2.09. The molecular weight excluding hydrogens is 286 g/mol. The molecule has 0 saturated heterocycles. The van der Waals surface area contributed by atoms with Crippen molar-refractivity contribution in [2.45, 2.75) is 20.0 Å². The Labute approximate surface area is 109 Å². The van der Waals surface area contributed by atoms with Crippen molar-refractivity contribution in [3.63, 3.8) is 0 Å². The summed E-state index contributed by atoms with van der Waals surface area (Å²) in [6.45, 7) is 4.74. The fourth-order valence-electron chi connectivity index (χ4n) is 1.24. The molecule has 0 unspecified atom stereocenters. The van der Waals surface area contributed by atoms with Gasteiger partial charge in [-0.25, -0.2) is 0 Å². The molecule has 94 valence electrons. The van der Waals surface area contributed by atoms with Gasteiger partial charge in [0.15, 0.2) is 0 Å². The first-order valence-corrected chi connectivity index (χ1v) is 6.18. The maximum absolute atomic E-state index is 11.7. The van der Waals surface area contributed by atoms with Gasteiger partial charge in [-0.1, -0.05) is 15.9 Å². The molecule has 0 saturated carbocycles. The van der Waals surface area contributed by atoms with Gasteiger partial charge in [0.05, 0.1) is 18.3 Å². The number of phenols is 1. The molecule has 0 spiro atoms. The molecule has 0 fully saturated rings. The Morgan fingerprint density at radius 1 is 1.53 bits per heavy atom. The number of nitrogens with one attached hydrogen (secondary N) is 1. The van der Waals surface area contributed by atoms with Crippen LogP contribution in [0, 0.1) is 0 Å². The minimum Gasteiger partial charge on any atom is -0.507 e. The van der Waals surface area contributed by atoms with Gasteiger partial charge in [-0.2, -0.15) is 0 Å². The number of carbonyl (C=O) groups is 1. The Hall–Kier alpha value is -1.07. The van der Waals surface area contributed by atoms with Gasteiger partial charge in [-0.05, 0) is 32.0 Å². The third-order valence-electron chi connectivity index (χ3n) is 2.04. The zero-order valence-electron chi connectivity index (χ0n) is 9.87. The Morgan fingerprint density at radius 3 is 2.88 bits per heavy atom. The van der Waals surface area contributed by atoms with Gasteiger partial charge < -0.3 is 15.2 Å². The maximum atomic E-state index is 11.7. The van der Waals surface area contributed by atoms with Crippen molar-refractivity contribution >= 4 is 21.8 Å². The lowest BCUT2D eigenvalue weighted by molar-refractivity contribution is 0.0745. The van der Waals surface area contributed by atoms with Crippen LogP contribution in [0.3, 0.4) is 0 Å². The van der Waals surface area contributed by atoms with Crippen molar-refractivity contribution < 1.29 is 14.6 Å². The van der Waals surface area contributed by atoms with Crippen molar-refractivity contribution in [3.8, 4) is 5.75 Å². The Balaban J connectivity index is 2.49. The van der Waals surface area contributed by atoms with E-state index in [0.717, 1.165) is 4.47 Å². The first-order chi connectivity index (χ1) is 8.00. The van der Waals surface area contributed by atoms with Crippen LogP contribution in [-0.2, 0) is 4.74 Å². The average Bonchev–Trinajstić information content (AvgIpc) is 2.27. The van der Waals surface area contributed by atoms with Crippen molar-refractivity contribution in [1.29, 1.82) is 0 Å². The maximum Gasteiger partial charge on any atom is 0.255 e. The number of halogens is 1. The van der Waals surface area contributed by atoms with E-state index in [9.17, 15) is 9.90 Å². The normalized spacial score (nSPS) is 10.6. The van der Waals surface area contributed by atoms with E-state index in [2.05, 4.69) is 21.2 Å². The van der Waals surface area contributed by atoms with E-state index in [4.69, 9.17) is 4.74 Å². The quantitative estimate of drug-likeness (QED) is 0.821. The molecule has 5 heteroatoms. The van der Waals surface area contributed by atoms with Crippen molar-refractivity contribution in [1.82, 2.24) is 5.32 Å². The van der Waals surface area contributed by atoms with Gasteiger partial charge in [0, 0.05) is 11.0 Å². The third kappa shape index (κ3) is 4.75. The molecular formula is C12H16BrNO3. The lowest BCUT2D eigenvalue weighted by Crippen LogP contribution is -2.28. The summed E-state index contributed by atoms with van der Waals surface area (Å²) in [5.74, 6) is -0.341. The molecule has 0 aromatic heterocycles. The minimum atomic E-state index is -0.309. The van der Waals surface area contributed by atoms with Crippen LogP contribution in [0.15, 0.2) is 22.7 Å². The summed E-state index contributed by atoms with van der Waals surface area (Å²) in [6, 6.07) is 4.73. The largest absolute Gasteiger partial charge is 0.507 e. The summed E-state index contributed by atoms with van der Waals surface area (Å²) in [5.41, 5.74) is 0.254. The fourth-order valence-corrected chi connectivity index (χ4v) is 1.61. The van der Waals surface area contributed by atoms with Crippen LogP contribution in [0.2, 0.25) is 0 Å². The number of hydrogen-bond donors (Lipinski definition) is 2. The topological polar surface area (TPSA) is 58.6 Å². The van der Waals surface area contributed by atoms with Crippen LogP contribution >= 0.6 is 15.9 Å². The second-order valence-corrected chi connectivity index (χ2v) is 4.75. The minimum absolute atomic E-state index is 0.0320. The summed E-state index contributed by atoms with van der Waals surface area (Å²) in [4.78, 5) is 11.7. The number of amides is 1. The smallest absolute Gasteiger partial charge is 0.255 e. The first-order valence-electron chi connectivity index (χ1n) is 5.39. The Morgan fingerprint density at radius 2 is 2.24 bits per heavy atom. The predicted molar refractivity (Wildman–Crippen MR) is 69.2 cm³/mol. The van der Waals surface area contributed by atoms with E-state index < -0.39 is 0 Å². The zero-order chi connectivity index (χ0) is 12.8. The molecule has 1 amide bonds. The van der Waals surface area contributed by atoms with Gasteiger partial charge in [0.2, 0.25) is 0 Å². The Bertz CT molecular complexity index is 393. The van der Waals surface area contributed by atoms with Crippen LogP contribution in [0.25, 0.3) is 0 Å². The molecule has 4 nitrogen and oxygen atoms in total. The van der Waals surface area contributed by atoms with Crippen LogP contribution in [0.1, 0.15) is 24.2 Å². The number of carbonyl (C=O) groups excluding carboxylic acids is 1. The first kappa shape index (κ1) is 14.0. The second kappa shape index (κ2) is 6.61. The van der Waals surface area contributed by atoms with Crippen LogP contribution in [-0.4, -0.2) is 30.3 Å². The molecule has 1 aromatic carbocycles. The van der Waals surface area contributed by atoms with Gasteiger partial charge in [-0.15, -0.1) is 0 Å². The number of benzene rings is 1. The number of rotatable bonds is 5. The molecule has 0 aliphatic rings. The number of phenolic OH excluding ortho intramolecular Hbond substituents is 1. The molecule has 0 aliphatic heterocycles. The molecule has 0 aliphatic carbocycles. The molecule has 1 aromatic rings. The van der Waals surface area contributed by atoms with Gasteiger partial charge in [-0.3, -0.25) is 4.79 Å². The van der Waals surface area contributed by atoms with E-state index in [-0.39, 0.29) is 23.3 Å². The summed E-state index contributed by atoms with van der Waals surface area (Å²) in [5, 5.41) is 12.2. The molecule has 0 atom stereocenters. The summed E-state index contributed by atoms with van der Waals surface area (Å²) >= 11 is 3.25. The predicted octanol–water partition coefficient (Wildman–Crippen LogP) is 2.31. The molecule has 0 radical (unpaired) electrons. The van der Waals surface area contributed by atoms with Gasteiger partial charge in [0.25, 0.3) is 5.91 Å². The number of hydrogen-bond acceptors (Lipinski definition) is 3. The van der Waals surface area contributed by atoms with Crippen LogP contribution in [0.5, 0.6) is 5.75 Å². The zero-order valence-corrected chi connectivity index (χ0v) is 11.5. The lowest BCUT2D eigenvalue weighted by atomic mass is 10.2. The van der Waals surface area contributed by atoms with E-state index in [1.807, 2.05) is 13.8 Å². The highest BCUT2D eigenvalue weighted by molar-refractivity contribution is 9.10. The highest BCUT2D eigenvalue weighted by atomic mass is 79.9. The van der Waals surface area contributed by atoms with Crippen molar-refractivity contribution in [3.05, 3.63) is 28.2 Å². The molecule has 2 N–H and O–H groups in total. The van der Waals surface area contributed by atoms with Gasteiger partial charge >= 0.3 is 0 Å². The van der Waals surface area contributed by atoms with Crippen molar-refractivity contribution in [2.24, 2.45) is 0 Å². The summed E-state index contributed by atoms with van der Waals surface area (Å²) < 4.78 is 6.04. The van der Waals surface area contributed by atoms with Crippen LogP contribution in [0.4, 0.5) is 0 Å². The third-order valence-corrected chi connectivity index (χ3v) is 2.54. The fraction of sp³-hybridized carbons (Fsp3) is 0.417. The molecule has 0 bridgehead atoms. The van der Waals surface area contributed by atoms with E-state index >= 15 is 0 Å². The van der Waals surface area contributed by atoms with Crippen molar-refractivity contribution in [2.75, 3.05) is 13.2 Å². The van der Waals surface area contributed by atoms with Gasteiger partial charge in [0.1, 0.15) is 5.75 Å². The van der Waals surface area contributed by atoms with Crippen LogP contribution < -0.4 is 5.32 Å². The van der Waals surface area contributed by atoms with E-state index in [1.54, 1.807) is 12.1 Å². The monoisotopic (exact) mass is 301 g/mol. The van der Waals surface area contributed by atoms with E-state index in [1.165, 1.54) is 6.07 Å². The SMILES string of the molecule is CC(C)OCCNC(=O)c1cc(Br)ccc1O. The highest BCUT2D eigenvalue weighted by Gasteiger charge is 2.10. The standard InChI is InChI=1S/C12H16BrNO3/c1-8(2)17-6-5-14-12(16)10-7-9(13)3-4-11(10)15/h3-4,7-8,15H,5-6H2,1-2H3,(H,14,16). The van der Waals surface area contributed by atoms with E-state index in [0.29, 0.717) is 13.2 Å². The number of aromatic hydroxyl groups is 1. The number of ether oxygens (including phenoxy) is 1. The molecule has 1 rings (SSSR count). The summed E-state index contributed by atoms with van der Waals surface area (Å²) in [7, 11) is 0. The second-order valence-electron chi connectivity index (χ2n) is 3.84. The molecule has 17 heavy (non-hydrogen) atoms.